The Kier molecular flexibility index (Phi) is 8.86. The number of nitriles is 1. The average molecular weight is 656 g/mol. The molecule has 0 saturated carbocycles. The van der Waals surface area contributed by atoms with Gasteiger partial charge in [0.15, 0.2) is 5.16 Å². The van der Waals surface area contributed by atoms with E-state index in [2.05, 4.69) is 11.1 Å². The maximum atomic E-state index is 12.3. The molecule has 7 aromatic rings. The highest BCUT2D eigenvalue weighted by atomic mass is 32.2. The summed E-state index contributed by atoms with van der Waals surface area (Å²) in [5, 5.41) is 22.9. The predicted molar refractivity (Wildman–Crippen MR) is 192 cm³/mol. The molecule has 9 heteroatoms. The summed E-state index contributed by atoms with van der Waals surface area (Å²) in [6.07, 6.45) is 1.46. The number of furan rings is 1. The lowest BCUT2D eigenvalue weighted by Gasteiger charge is -2.09. The molecule has 2 heterocycles. The first-order valence-electron chi connectivity index (χ1n) is 15.3. The van der Waals surface area contributed by atoms with E-state index in [1.54, 1.807) is 12.1 Å². The third kappa shape index (κ3) is 6.76. The number of benzene rings is 5. The lowest BCUT2D eigenvalue weighted by Crippen LogP contribution is -1.97. The van der Waals surface area contributed by atoms with Crippen molar-refractivity contribution in [1.82, 2.24) is 9.97 Å². The molecule has 2 aromatic heterocycles. The standard InChI is InChI=1S/C40H25N5O3S/c41-25-32-37(30-17-9-3-10-18-30)38(31-19-11-4-12-20-31)48-39(32)42-26-27-21-22-36(35(23-27)45(46)47)49-40-43-33(28-13-5-1-6-14-28)24-34(44-40)29-15-7-2-8-16-29/h1-24,26H. The van der Waals surface area contributed by atoms with Gasteiger partial charge in [-0.25, -0.2) is 15.0 Å². The molecule has 49 heavy (non-hydrogen) atoms. The van der Waals surface area contributed by atoms with Crippen molar-refractivity contribution >= 4 is 29.5 Å². The van der Waals surface area contributed by atoms with E-state index in [0.29, 0.717) is 38.3 Å². The van der Waals surface area contributed by atoms with E-state index in [9.17, 15) is 15.4 Å². The van der Waals surface area contributed by atoms with E-state index in [1.165, 1.54) is 12.3 Å². The van der Waals surface area contributed by atoms with Gasteiger partial charge >= 0.3 is 0 Å². The molecule has 0 unspecified atom stereocenters. The van der Waals surface area contributed by atoms with Gasteiger partial charge in [-0.05, 0) is 35.0 Å². The van der Waals surface area contributed by atoms with E-state index in [1.807, 2.05) is 127 Å². The van der Waals surface area contributed by atoms with E-state index in [4.69, 9.17) is 14.4 Å². The molecule has 0 N–H and O–H groups in total. The summed E-state index contributed by atoms with van der Waals surface area (Å²) in [4.78, 5) is 26.3. The fourth-order valence-corrected chi connectivity index (χ4v) is 6.21. The van der Waals surface area contributed by atoms with Crippen molar-refractivity contribution in [3.8, 4) is 51.0 Å². The molecule has 0 fully saturated rings. The van der Waals surface area contributed by atoms with Crippen LogP contribution in [-0.2, 0) is 0 Å². The van der Waals surface area contributed by atoms with Crippen molar-refractivity contribution in [2.24, 2.45) is 4.99 Å². The van der Waals surface area contributed by atoms with E-state index in [0.717, 1.165) is 34.0 Å². The number of aliphatic imine (C=N–C) groups is 1. The monoisotopic (exact) mass is 655 g/mol. The Labute approximate surface area is 286 Å². The second-order valence-electron chi connectivity index (χ2n) is 10.8. The normalized spacial score (nSPS) is 11.0. The molecule has 0 radical (unpaired) electrons. The Hall–Kier alpha value is -6.63. The van der Waals surface area contributed by atoms with Crippen LogP contribution in [0.25, 0.3) is 45.0 Å². The van der Waals surface area contributed by atoms with Gasteiger partial charge in [0.05, 0.1) is 21.2 Å². The second kappa shape index (κ2) is 14.0. The van der Waals surface area contributed by atoms with E-state index >= 15 is 0 Å². The van der Waals surface area contributed by atoms with Gasteiger partial charge in [0.2, 0.25) is 5.88 Å². The summed E-state index contributed by atoms with van der Waals surface area (Å²) in [5.41, 5.74) is 6.08. The molecular weight excluding hydrogens is 631 g/mol. The molecule has 0 saturated heterocycles. The predicted octanol–water partition coefficient (Wildman–Crippen LogP) is 10.4. The average Bonchev–Trinajstić information content (AvgIpc) is 3.54. The summed E-state index contributed by atoms with van der Waals surface area (Å²) >= 11 is 1.12. The van der Waals surface area contributed by atoms with Gasteiger partial charge in [-0.15, -0.1) is 0 Å². The van der Waals surface area contributed by atoms with Crippen LogP contribution in [0.2, 0.25) is 0 Å². The molecular formula is C40H25N5O3S. The minimum absolute atomic E-state index is 0.112. The number of aromatic nitrogens is 2. The Morgan fingerprint density at radius 2 is 1.24 bits per heavy atom. The van der Waals surface area contributed by atoms with Crippen LogP contribution in [0.15, 0.2) is 165 Å². The molecule has 0 amide bonds. The third-order valence-corrected chi connectivity index (χ3v) is 8.59. The Morgan fingerprint density at radius 1 is 0.714 bits per heavy atom. The topological polar surface area (TPSA) is 118 Å². The van der Waals surface area contributed by atoms with Crippen molar-refractivity contribution in [2.45, 2.75) is 10.1 Å². The highest BCUT2D eigenvalue weighted by Gasteiger charge is 2.23. The van der Waals surface area contributed by atoms with Gasteiger partial charge in [-0.1, -0.05) is 127 Å². The summed E-state index contributed by atoms with van der Waals surface area (Å²) in [5.74, 6) is 0.627. The van der Waals surface area contributed by atoms with Crippen LogP contribution >= 0.6 is 11.8 Å². The number of hydrogen-bond donors (Lipinski definition) is 0. The van der Waals surface area contributed by atoms with Crippen molar-refractivity contribution in [2.75, 3.05) is 0 Å². The van der Waals surface area contributed by atoms with Crippen LogP contribution in [0.1, 0.15) is 11.1 Å². The van der Waals surface area contributed by atoms with Crippen LogP contribution in [0.3, 0.4) is 0 Å². The minimum atomic E-state index is -0.437. The number of nitro benzene ring substituents is 1. The van der Waals surface area contributed by atoms with Gasteiger partial charge in [0.1, 0.15) is 17.4 Å². The van der Waals surface area contributed by atoms with E-state index < -0.39 is 4.92 Å². The second-order valence-corrected chi connectivity index (χ2v) is 11.8. The summed E-state index contributed by atoms with van der Waals surface area (Å²) in [6.45, 7) is 0. The number of hydrogen-bond acceptors (Lipinski definition) is 8. The Bertz CT molecular complexity index is 2280. The van der Waals surface area contributed by atoms with Crippen LogP contribution in [0.5, 0.6) is 0 Å². The summed E-state index contributed by atoms with van der Waals surface area (Å²) < 4.78 is 6.20. The van der Waals surface area contributed by atoms with Gasteiger partial charge in [0, 0.05) is 34.5 Å². The highest BCUT2D eigenvalue weighted by Crippen LogP contribution is 2.42. The first-order chi connectivity index (χ1) is 24.1. The zero-order chi connectivity index (χ0) is 33.6. The molecule has 0 aliphatic heterocycles. The van der Waals surface area contributed by atoms with Crippen LogP contribution in [0.4, 0.5) is 11.6 Å². The SMILES string of the molecule is N#Cc1c(N=Cc2ccc(Sc3nc(-c4ccccc4)cc(-c4ccccc4)n3)c([N+](=O)[O-])c2)oc(-c2ccccc2)c1-c1ccccc1. The van der Waals surface area contributed by atoms with Crippen molar-refractivity contribution in [3.05, 3.63) is 167 Å². The molecule has 234 valence electrons. The van der Waals surface area contributed by atoms with Gasteiger partial charge in [-0.2, -0.15) is 5.26 Å². The molecule has 0 aliphatic carbocycles. The highest BCUT2D eigenvalue weighted by molar-refractivity contribution is 7.99. The maximum absolute atomic E-state index is 12.3. The largest absolute Gasteiger partial charge is 0.436 e. The Balaban J connectivity index is 1.25. The van der Waals surface area contributed by atoms with Crippen LogP contribution in [-0.4, -0.2) is 21.1 Å². The number of nitro groups is 1. The molecule has 0 atom stereocenters. The van der Waals surface area contributed by atoms with Crippen LogP contribution in [0, 0.1) is 21.4 Å². The zero-order valence-electron chi connectivity index (χ0n) is 25.8. The summed E-state index contributed by atoms with van der Waals surface area (Å²) in [6, 6.07) is 47.5. The molecule has 7 rings (SSSR count). The first-order valence-corrected chi connectivity index (χ1v) is 16.1. The lowest BCUT2D eigenvalue weighted by atomic mass is 9.98. The minimum Gasteiger partial charge on any atom is -0.436 e. The first kappa shape index (κ1) is 31.0. The van der Waals surface area contributed by atoms with Crippen molar-refractivity contribution in [3.63, 3.8) is 0 Å². The molecule has 0 spiro atoms. The number of rotatable bonds is 9. The fourth-order valence-electron chi connectivity index (χ4n) is 5.35. The molecule has 8 nitrogen and oxygen atoms in total. The van der Waals surface area contributed by atoms with Crippen LogP contribution < -0.4 is 0 Å². The fraction of sp³-hybridized carbons (Fsp3) is 0. The summed E-state index contributed by atoms with van der Waals surface area (Å²) in [7, 11) is 0. The smallest absolute Gasteiger partial charge is 0.283 e. The van der Waals surface area contributed by atoms with Gasteiger partial charge in [0.25, 0.3) is 5.69 Å². The van der Waals surface area contributed by atoms with Gasteiger partial charge < -0.3 is 4.42 Å². The zero-order valence-corrected chi connectivity index (χ0v) is 26.6. The van der Waals surface area contributed by atoms with Crippen molar-refractivity contribution in [1.29, 1.82) is 5.26 Å². The molecule has 5 aromatic carbocycles. The molecule has 0 aliphatic rings. The maximum Gasteiger partial charge on any atom is 0.283 e. The molecule has 0 bridgehead atoms. The third-order valence-electron chi connectivity index (χ3n) is 7.66. The van der Waals surface area contributed by atoms with Gasteiger partial charge in [-0.3, -0.25) is 10.1 Å². The lowest BCUT2D eigenvalue weighted by molar-refractivity contribution is -0.387. The van der Waals surface area contributed by atoms with Crippen molar-refractivity contribution < 1.29 is 9.34 Å². The number of nitrogens with zero attached hydrogens (tertiary/aromatic N) is 5. The quantitative estimate of drug-likeness (QED) is 0.0657. The Morgan fingerprint density at radius 3 is 1.78 bits per heavy atom. The van der Waals surface area contributed by atoms with E-state index in [-0.39, 0.29) is 17.1 Å².